The van der Waals surface area contributed by atoms with Crippen molar-refractivity contribution in [1.82, 2.24) is 4.57 Å². The summed E-state index contributed by atoms with van der Waals surface area (Å²) in [5, 5.41) is 0. The van der Waals surface area contributed by atoms with Crippen molar-refractivity contribution in [2.45, 2.75) is 40.2 Å². The molecular weight excluding hydrogens is 256 g/mol. The molecule has 20 heavy (non-hydrogen) atoms. The van der Waals surface area contributed by atoms with Gasteiger partial charge >= 0.3 is 5.97 Å². The number of rotatable bonds is 9. The van der Waals surface area contributed by atoms with Gasteiger partial charge in [0.25, 0.3) is 0 Å². The van der Waals surface area contributed by atoms with E-state index in [2.05, 4.69) is 13.8 Å². The number of nitrogens with two attached hydrogens (primary N) is 1. The maximum atomic E-state index is 11.9. The van der Waals surface area contributed by atoms with Crippen LogP contribution in [0.5, 0.6) is 0 Å². The number of carbonyl (C=O) groups is 1. The van der Waals surface area contributed by atoms with Crippen LogP contribution in [0.15, 0.2) is 12.3 Å². The van der Waals surface area contributed by atoms with E-state index in [4.69, 9.17) is 15.2 Å². The zero-order valence-electron chi connectivity index (χ0n) is 12.7. The molecule has 5 nitrogen and oxygen atoms in total. The second kappa shape index (κ2) is 8.64. The first-order valence-corrected chi connectivity index (χ1v) is 7.25. The molecule has 1 rings (SSSR count). The Balaban J connectivity index is 2.32. The van der Waals surface area contributed by atoms with Crippen molar-refractivity contribution in [3.63, 3.8) is 0 Å². The highest BCUT2D eigenvalue weighted by molar-refractivity contribution is 5.89. The monoisotopic (exact) mass is 282 g/mol. The van der Waals surface area contributed by atoms with E-state index in [0.29, 0.717) is 30.5 Å². The molecular formula is C15H26N2O3. The van der Waals surface area contributed by atoms with Gasteiger partial charge in [0.1, 0.15) is 12.3 Å². The van der Waals surface area contributed by atoms with Gasteiger partial charge in [0.15, 0.2) is 0 Å². The molecule has 0 aliphatic rings. The van der Waals surface area contributed by atoms with E-state index in [1.165, 1.54) is 0 Å². The minimum atomic E-state index is -0.345. The standard InChI is InChI=1S/C15H26N2O3/c1-4-6-17-11-13(16)10-14(17)15(18)20-9-8-19-7-5-12(2)3/h10-12H,4-9,16H2,1-3H3. The van der Waals surface area contributed by atoms with Crippen molar-refractivity contribution in [2.24, 2.45) is 5.92 Å². The predicted octanol–water partition coefficient (Wildman–Crippen LogP) is 2.70. The lowest BCUT2D eigenvalue weighted by molar-refractivity contribution is 0.0293. The normalized spacial score (nSPS) is 11.0. The van der Waals surface area contributed by atoms with Gasteiger partial charge in [-0.1, -0.05) is 20.8 Å². The van der Waals surface area contributed by atoms with E-state index >= 15 is 0 Å². The van der Waals surface area contributed by atoms with Gasteiger partial charge in [-0.15, -0.1) is 0 Å². The highest BCUT2D eigenvalue weighted by Crippen LogP contribution is 2.12. The fraction of sp³-hybridized carbons (Fsp3) is 0.667. The first kappa shape index (κ1) is 16.6. The Bertz CT molecular complexity index is 413. The van der Waals surface area contributed by atoms with E-state index < -0.39 is 0 Å². The smallest absolute Gasteiger partial charge is 0.355 e. The number of esters is 1. The van der Waals surface area contributed by atoms with E-state index in [1.54, 1.807) is 12.3 Å². The molecule has 0 saturated carbocycles. The van der Waals surface area contributed by atoms with Crippen LogP contribution in [-0.2, 0) is 16.0 Å². The first-order valence-electron chi connectivity index (χ1n) is 7.25. The third kappa shape index (κ3) is 5.65. The summed E-state index contributed by atoms with van der Waals surface area (Å²) in [5.74, 6) is 0.278. The number of anilines is 1. The number of ether oxygens (including phenoxy) is 2. The topological polar surface area (TPSA) is 66.5 Å². The van der Waals surface area contributed by atoms with Gasteiger partial charge in [0.05, 0.1) is 12.3 Å². The van der Waals surface area contributed by atoms with Crippen LogP contribution in [0, 0.1) is 5.92 Å². The van der Waals surface area contributed by atoms with Crippen molar-refractivity contribution in [1.29, 1.82) is 0 Å². The molecule has 0 radical (unpaired) electrons. The van der Waals surface area contributed by atoms with Crippen LogP contribution < -0.4 is 5.73 Å². The van der Waals surface area contributed by atoms with E-state index in [9.17, 15) is 4.79 Å². The van der Waals surface area contributed by atoms with Crippen LogP contribution in [0.3, 0.4) is 0 Å². The summed E-state index contributed by atoms with van der Waals surface area (Å²) in [5.41, 5.74) is 6.80. The quantitative estimate of drug-likeness (QED) is 0.558. The lowest BCUT2D eigenvalue weighted by Crippen LogP contribution is -2.15. The molecule has 0 bridgehead atoms. The summed E-state index contributed by atoms with van der Waals surface area (Å²) < 4.78 is 12.4. The van der Waals surface area contributed by atoms with Gasteiger partial charge in [-0.25, -0.2) is 4.79 Å². The Hall–Kier alpha value is -1.49. The molecule has 0 aliphatic carbocycles. The molecule has 114 valence electrons. The number of hydrogen-bond acceptors (Lipinski definition) is 4. The maximum absolute atomic E-state index is 11.9. The van der Waals surface area contributed by atoms with Gasteiger partial charge in [-0.05, 0) is 24.8 Å². The van der Waals surface area contributed by atoms with Crippen LogP contribution in [0.1, 0.15) is 44.1 Å². The molecule has 5 heteroatoms. The summed E-state index contributed by atoms with van der Waals surface area (Å²) in [6.07, 6.45) is 3.72. The second-order valence-corrected chi connectivity index (χ2v) is 5.28. The van der Waals surface area contributed by atoms with Crippen LogP contribution in [-0.4, -0.2) is 30.4 Å². The zero-order valence-corrected chi connectivity index (χ0v) is 12.7. The first-order chi connectivity index (χ1) is 9.54. The Morgan fingerprint density at radius 3 is 2.75 bits per heavy atom. The largest absolute Gasteiger partial charge is 0.459 e. The van der Waals surface area contributed by atoms with Gasteiger partial charge in [0.2, 0.25) is 0 Å². The maximum Gasteiger partial charge on any atom is 0.355 e. The van der Waals surface area contributed by atoms with Crippen molar-refractivity contribution >= 4 is 11.7 Å². The molecule has 0 unspecified atom stereocenters. The molecule has 0 amide bonds. The highest BCUT2D eigenvalue weighted by Gasteiger charge is 2.13. The molecule has 0 fully saturated rings. The molecule has 0 aliphatic heterocycles. The predicted molar refractivity (Wildman–Crippen MR) is 79.7 cm³/mol. The Morgan fingerprint density at radius 2 is 2.10 bits per heavy atom. The molecule has 2 N–H and O–H groups in total. The number of nitrogen functional groups attached to an aromatic ring is 1. The van der Waals surface area contributed by atoms with E-state index in [0.717, 1.165) is 19.4 Å². The van der Waals surface area contributed by atoms with Crippen molar-refractivity contribution in [3.05, 3.63) is 18.0 Å². The Labute approximate surface area is 121 Å². The lowest BCUT2D eigenvalue weighted by atomic mass is 10.1. The summed E-state index contributed by atoms with van der Waals surface area (Å²) in [6, 6.07) is 1.65. The van der Waals surface area contributed by atoms with Gasteiger partial charge in [0, 0.05) is 19.3 Å². The molecule has 0 spiro atoms. The van der Waals surface area contributed by atoms with Crippen molar-refractivity contribution in [3.8, 4) is 0 Å². The highest BCUT2D eigenvalue weighted by atomic mass is 16.6. The molecule has 0 saturated heterocycles. The number of hydrogen-bond donors (Lipinski definition) is 1. The zero-order chi connectivity index (χ0) is 15.0. The minimum Gasteiger partial charge on any atom is -0.459 e. The van der Waals surface area contributed by atoms with E-state index in [-0.39, 0.29) is 12.6 Å². The lowest BCUT2D eigenvalue weighted by Gasteiger charge is -2.09. The summed E-state index contributed by atoms with van der Waals surface area (Å²) in [7, 11) is 0. The van der Waals surface area contributed by atoms with Crippen molar-refractivity contribution in [2.75, 3.05) is 25.6 Å². The molecule has 0 atom stereocenters. The number of carbonyl (C=O) groups excluding carboxylic acids is 1. The third-order valence-electron chi connectivity index (χ3n) is 2.89. The van der Waals surface area contributed by atoms with Crippen LogP contribution in [0.25, 0.3) is 0 Å². The average molecular weight is 282 g/mol. The fourth-order valence-electron chi connectivity index (χ4n) is 1.82. The summed E-state index contributed by atoms with van der Waals surface area (Å²) in [6.45, 7) is 8.51. The number of nitrogens with zero attached hydrogens (tertiary/aromatic N) is 1. The SMILES string of the molecule is CCCn1cc(N)cc1C(=O)OCCOCCC(C)C. The molecule has 1 heterocycles. The average Bonchev–Trinajstić information content (AvgIpc) is 2.74. The minimum absolute atomic E-state index is 0.272. The Morgan fingerprint density at radius 1 is 1.35 bits per heavy atom. The van der Waals surface area contributed by atoms with Crippen LogP contribution in [0.4, 0.5) is 5.69 Å². The van der Waals surface area contributed by atoms with Gasteiger partial charge in [-0.3, -0.25) is 0 Å². The Kier molecular flexibility index (Phi) is 7.15. The number of aryl methyl sites for hydroxylation is 1. The molecule has 1 aromatic heterocycles. The second-order valence-electron chi connectivity index (χ2n) is 5.28. The van der Waals surface area contributed by atoms with E-state index in [1.807, 2.05) is 11.5 Å². The number of aromatic nitrogens is 1. The van der Waals surface area contributed by atoms with Crippen LogP contribution >= 0.6 is 0 Å². The summed E-state index contributed by atoms with van der Waals surface area (Å²) in [4.78, 5) is 11.9. The third-order valence-corrected chi connectivity index (χ3v) is 2.89. The summed E-state index contributed by atoms with van der Waals surface area (Å²) >= 11 is 0. The molecule has 1 aromatic rings. The van der Waals surface area contributed by atoms with Crippen LogP contribution in [0.2, 0.25) is 0 Å². The molecule has 0 aromatic carbocycles. The van der Waals surface area contributed by atoms with Gasteiger partial charge < -0.3 is 19.8 Å². The van der Waals surface area contributed by atoms with Gasteiger partial charge in [-0.2, -0.15) is 0 Å². The van der Waals surface area contributed by atoms with Crippen molar-refractivity contribution < 1.29 is 14.3 Å². The fourth-order valence-corrected chi connectivity index (χ4v) is 1.82.